The highest BCUT2D eigenvalue weighted by molar-refractivity contribution is 5.94. The van der Waals surface area contributed by atoms with Gasteiger partial charge in [-0.25, -0.2) is 9.59 Å². The number of fused-ring (bicyclic) bond motifs is 1. The molecule has 0 saturated heterocycles. The van der Waals surface area contributed by atoms with Crippen molar-refractivity contribution in [3.05, 3.63) is 77.5 Å². The number of aromatic nitrogens is 1. The van der Waals surface area contributed by atoms with E-state index < -0.39 is 12.1 Å². The molecule has 0 atom stereocenters. The highest BCUT2D eigenvalue weighted by Crippen LogP contribution is 2.18. The fraction of sp³-hybridized carbons (Fsp3) is 0.100. The van der Waals surface area contributed by atoms with Crippen molar-refractivity contribution in [2.75, 3.05) is 6.54 Å². The topological polar surface area (TPSA) is 91.4 Å². The Kier molecular flexibility index (Phi) is 5.34. The molecular formula is C20H18N2O4. The average Bonchev–Trinajstić information content (AvgIpc) is 3.08. The molecule has 0 aliphatic rings. The molecule has 0 spiro atoms. The first kappa shape index (κ1) is 17.3. The normalized spacial score (nSPS) is 10.9. The van der Waals surface area contributed by atoms with Crippen LogP contribution in [0.25, 0.3) is 17.0 Å². The van der Waals surface area contributed by atoms with E-state index in [-0.39, 0.29) is 12.3 Å². The van der Waals surface area contributed by atoms with E-state index in [2.05, 4.69) is 10.3 Å². The number of carboxylic acid groups (broad SMARTS) is 1. The predicted molar refractivity (Wildman–Crippen MR) is 98.9 cm³/mol. The summed E-state index contributed by atoms with van der Waals surface area (Å²) in [5.41, 5.74) is 2.73. The predicted octanol–water partition coefficient (Wildman–Crippen LogP) is 3.81. The highest BCUT2D eigenvalue weighted by atomic mass is 16.5. The van der Waals surface area contributed by atoms with Gasteiger partial charge >= 0.3 is 12.1 Å². The number of ether oxygens (including phenoxy) is 1. The van der Waals surface area contributed by atoms with Crippen molar-refractivity contribution >= 4 is 29.0 Å². The minimum absolute atomic E-state index is 0.156. The van der Waals surface area contributed by atoms with Crippen molar-refractivity contribution in [1.29, 1.82) is 0 Å². The number of amides is 1. The van der Waals surface area contributed by atoms with Gasteiger partial charge in [0.05, 0.1) is 0 Å². The maximum Gasteiger partial charge on any atom is 0.407 e. The van der Waals surface area contributed by atoms with Crippen molar-refractivity contribution in [1.82, 2.24) is 10.3 Å². The average molecular weight is 350 g/mol. The van der Waals surface area contributed by atoms with Gasteiger partial charge in [0.2, 0.25) is 0 Å². The smallest absolute Gasteiger partial charge is 0.407 e. The number of carbonyl (C=O) groups is 2. The van der Waals surface area contributed by atoms with Crippen LogP contribution in [0.4, 0.5) is 4.79 Å². The number of hydrogen-bond donors (Lipinski definition) is 3. The second-order valence-corrected chi connectivity index (χ2v) is 5.68. The number of carbonyl (C=O) groups excluding carboxylic acids is 1. The third-order valence-electron chi connectivity index (χ3n) is 3.76. The maximum atomic E-state index is 11.6. The lowest BCUT2D eigenvalue weighted by Gasteiger charge is -2.05. The van der Waals surface area contributed by atoms with Crippen LogP contribution in [0.15, 0.2) is 60.7 Å². The zero-order valence-corrected chi connectivity index (χ0v) is 13.9. The molecule has 132 valence electrons. The van der Waals surface area contributed by atoms with Crippen molar-refractivity contribution in [2.24, 2.45) is 0 Å². The Labute approximate surface area is 150 Å². The van der Waals surface area contributed by atoms with Crippen LogP contribution in [0.1, 0.15) is 21.6 Å². The molecule has 0 aliphatic carbocycles. The molecule has 26 heavy (non-hydrogen) atoms. The molecule has 0 saturated carbocycles. The van der Waals surface area contributed by atoms with E-state index in [9.17, 15) is 9.59 Å². The molecule has 1 heterocycles. The summed E-state index contributed by atoms with van der Waals surface area (Å²) in [7, 11) is 0. The number of rotatable bonds is 6. The molecule has 0 unspecified atom stereocenters. The van der Waals surface area contributed by atoms with E-state index in [0.717, 1.165) is 22.0 Å². The van der Waals surface area contributed by atoms with Crippen LogP contribution in [-0.4, -0.2) is 28.7 Å². The maximum absolute atomic E-state index is 11.6. The van der Waals surface area contributed by atoms with Crippen LogP contribution >= 0.6 is 0 Å². The van der Waals surface area contributed by atoms with Crippen LogP contribution in [0.5, 0.6) is 0 Å². The monoisotopic (exact) mass is 350 g/mol. The SMILES string of the molecule is O=C(NCC=Cc1ccc2cc(C(=O)O)[nH]c2c1)OCc1ccccc1. The summed E-state index contributed by atoms with van der Waals surface area (Å²) in [6, 6.07) is 16.6. The number of aromatic carboxylic acids is 1. The number of H-pyrrole nitrogens is 1. The lowest BCUT2D eigenvalue weighted by Crippen LogP contribution is -2.24. The summed E-state index contributed by atoms with van der Waals surface area (Å²) in [6.45, 7) is 0.558. The zero-order valence-electron chi connectivity index (χ0n) is 13.9. The number of benzene rings is 2. The Hall–Kier alpha value is -3.54. The molecule has 3 N–H and O–H groups in total. The Morgan fingerprint density at radius 1 is 1.12 bits per heavy atom. The largest absolute Gasteiger partial charge is 0.477 e. The highest BCUT2D eigenvalue weighted by Gasteiger charge is 2.07. The molecule has 3 rings (SSSR count). The number of carboxylic acids is 1. The van der Waals surface area contributed by atoms with Crippen LogP contribution in [-0.2, 0) is 11.3 Å². The van der Waals surface area contributed by atoms with Crippen molar-refractivity contribution in [3.8, 4) is 0 Å². The van der Waals surface area contributed by atoms with Gasteiger partial charge in [-0.05, 0) is 23.3 Å². The van der Waals surface area contributed by atoms with Gasteiger partial charge in [0.1, 0.15) is 12.3 Å². The van der Waals surface area contributed by atoms with Crippen molar-refractivity contribution < 1.29 is 19.4 Å². The Balaban J connectivity index is 1.49. The van der Waals surface area contributed by atoms with Gasteiger partial charge in [0, 0.05) is 17.4 Å². The molecule has 3 aromatic rings. The van der Waals surface area contributed by atoms with Gasteiger partial charge < -0.3 is 20.1 Å². The molecule has 0 fully saturated rings. The summed E-state index contributed by atoms with van der Waals surface area (Å²) >= 11 is 0. The van der Waals surface area contributed by atoms with Crippen LogP contribution < -0.4 is 5.32 Å². The lowest BCUT2D eigenvalue weighted by molar-refractivity contribution is 0.0691. The summed E-state index contributed by atoms with van der Waals surface area (Å²) in [5, 5.41) is 12.5. The van der Waals surface area contributed by atoms with E-state index in [1.54, 1.807) is 12.1 Å². The summed E-state index contributed by atoms with van der Waals surface area (Å²) < 4.78 is 5.12. The van der Waals surface area contributed by atoms with E-state index in [1.165, 1.54) is 0 Å². The molecule has 1 amide bonds. The van der Waals surface area contributed by atoms with Crippen LogP contribution in [0.2, 0.25) is 0 Å². The van der Waals surface area contributed by atoms with Gasteiger partial charge in [-0.1, -0.05) is 54.6 Å². The molecule has 6 nitrogen and oxygen atoms in total. The first-order valence-electron chi connectivity index (χ1n) is 8.09. The minimum Gasteiger partial charge on any atom is -0.477 e. The summed E-state index contributed by atoms with van der Waals surface area (Å²) in [5.74, 6) is -0.989. The standard InChI is InChI=1S/C20H18N2O4/c23-19(24)18-12-16-9-8-14(11-17(16)22-18)7-4-10-21-20(25)26-13-15-5-2-1-3-6-15/h1-9,11-12,22H,10,13H2,(H,21,25)(H,23,24). The first-order valence-corrected chi connectivity index (χ1v) is 8.09. The molecule has 0 bridgehead atoms. The minimum atomic E-state index is -0.989. The third-order valence-corrected chi connectivity index (χ3v) is 3.76. The Morgan fingerprint density at radius 3 is 2.69 bits per heavy atom. The second-order valence-electron chi connectivity index (χ2n) is 5.68. The second kappa shape index (κ2) is 8.02. The molecule has 6 heteroatoms. The van der Waals surface area contributed by atoms with Crippen LogP contribution in [0.3, 0.4) is 0 Å². The summed E-state index contributed by atoms with van der Waals surface area (Å²) in [6.07, 6.45) is 3.16. The molecular weight excluding hydrogens is 332 g/mol. The van der Waals surface area contributed by atoms with E-state index in [1.807, 2.05) is 54.6 Å². The number of nitrogens with one attached hydrogen (secondary N) is 2. The van der Waals surface area contributed by atoms with Gasteiger partial charge in [0.15, 0.2) is 0 Å². The van der Waals surface area contributed by atoms with Crippen molar-refractivity contribution in [3.63, 3.8) is 0 Å². The quantitative estimate of drug-likeness (QED) is 0.630. The Morgan fingerprint density at radius 2 is 1.92 bits per heavy atom. The molecule has 0 aliphatic heterocycles. The molecule has 1 aromatic heterocycles. The molecule has 0 radical (unpaired) electrons. The zero-order chi connectivity index (χ0) is 18.4. The van der Waals surface area contributed by atoms with E-state index in [0.29, 0.717) is 6.54 Å². The van der Waals surface area contributed by atoms with E-state index in [4.69, 9.17) is 9.84 Å². The Bertz CT molecular complexity index is 945. The fourth-order valence-corrected chi connectivity index (χ4v) is 2.47. The van der Waals surface area contributed by atoms with Gasteiger partial charge in [0.25, 0.3) is 0 Å². The van der Waals surface area contributed by atoms with Crippen LogP contribution in [0, 0.1) is 0 Å². The lowest BCUT2D eigenvalue weighted by atomic mass is 10.1. The molecule has 2 aromatic carbocycles. The van der Waals surface area contributed by atoms with Crippen molar-refractivity contribution in [2.45, 2.75) is 6.61 Å². The fourth-order valence-electron chi connectivity index (χ4n) is 2.47. The van der Waals surface area contributed by atoms with E-state index >= 15 is 0 Å². The van der Waals surface area contributed by atoms with Gasteiger partial charge in [-0.3, -0.25) is 0 Å². The number of hydrogen-bond acceptors (Lipinski definition) is 3. The number of alkyl carbamates (subject to hydrolysis) is 1. The number of aromatic amines is 1. The first-order chi connectivity index (χ1) is 12.6. The van der Waals surface area contributed by atoms with Gasteiger partial charge in [-0.15, -0.1) is 0 Å². The summed E-state index contributed by atoms with van der Waals surface area (Å²) in [4.78, 5) is 25.5. The third kappa shape index (κ3) is 4.51. The van der Waals surface area contributed by atoms with Gasteiger partial charge in [-0.2, -0.15) is 0 Å².